The predicted molar refractivity (Wildman–Crippen MR) is 53.5 cm³/mol. The maximum Gasteiger partial charge on any atom is 0.417 e. The van der Waals surface area contributed by atoms with Crippen LogP contribution in [0, 0.1) is 0 Å². The summed E-state index contributed by atoms with van der Waals surface area (Å²) in [4.78, 5) is 10.5. The Morgan fingerprint density at radius 2 is 1.94 bits per heavy atom. The van der Waals surface area contributed by atoms with Crippen molar-refractivity contribution in [3.63, 3.8) is 0 Å². The largest absolute Gasteiger partial charge is 0.479 e. The van der Waals surface area contributed by atoms with Gasteiger partial charge in [-0.1, -0.05) is 17.7 Å². The molecule has 0 spiro atoms. The van der Waals surface area contributed by atoms with Crippen molar-refractivity contribution in [1.82, 2.24) is 0 Å². The van der Waals surface area contributed by atoms with Crippen LogP contribution in [0.5, 0.6) is 0 Å². The quantitative estimate of drug-likeness (QED) is 0.718. The Kier molecular flexibility index (Phi) is 3.53. The molecule has 0 aromatic heterocycles. The van der Waals surface area contributed by atoms with Gasteiger partial charge in [0.05, 0.1) is 16.3 Å². The van der Waals surface area contributed by atoms with Gasteiger partial charge in [-0.05, 0) is 6.07 Å². The lowest BCUT2D eigenvalue weighted by Crippen LogP contribution is -2.15. The maximum absolute atomic E-state index is 12.4. The molecule has 94 valence electrons. The van der Waals surface area contributed by atoms with Crippen molar-refractivity contribution in [1.29, 1.82) is 0 Å². The molecule has 0 aliphatic rings. The SMILES string of the molecule is Nc1c(C(O)C(=O)O)ccc(C(F)(F)F)c1Cl. The van der Waals surface area contributed by atoms with Crippen molar-refractivity contribution in [3.05, 3.63) is 28.3 Å². The van der Waals surface area contributed by atoms with E-state index in [9.17, 15) is 23.1 Å². The molecule has 0 fully saturated rings. The van der Waals surface area contributed by atoms with Crippen molar-refractivity contribution in [2.45, 2.75) is 12.3 Å². The van der Waals surface area contributed by atoms with Crippen LogP contribution >= 0.6 is 11.6 Å². The van der Waals surface area contributed by atoms with E-state index in [2.05, 4.69) is 0 Å². The van der Waals surface area contributed by atoms with Gasteiger partial charge in [-0.15, -0.1) is 0 Å². The Labute approximate surface area is 98.4 Å². The Hall–Kier alpha value is -1.47. The van der Waals surface area contributed by atoms with Gasteiger partial charge >= 0.3 is 12.1 Å². The van der Waals surface area contributed by atoms with E-state index < -0.39 is 34.5 Å². The second kappa shape index (κ2) is 4.42. The van der Waals surface area contributed by atoms with E-state index in [-0.39, 0.29) is 5.56 Å². The van der Waals surface area contributed by atoms with Crippen LogP contribution in [0.15, 0.2) is 12.1 Å². The van der Waals surface area contributed by atoms with Gasteiger partial charge < -0.3 is 15.9 Å². The number of benzene rings is 1. The minimum Gasteiger partial charge on any atom is -0.479 e. The number of alkyl halides is 3. The first-order valence-corrected chi connectivity index (χ1v) is 4.60. The number of rotatable bonds is 2. The van der Waals surface area contributed by atoms with Crippen molar-refractivity contribution < 1.29 is 28.2 Å². The van der Waals surface area contributed by atoms with Crippen molar-refractivity contribution in [2.75, 3.05) is 5.73 Å². The van der Waals surface area contributed by atoms with E-state index in [1.165, 1.54) is 0 Å². The molecule has 1 rings (SSSR count). The third kappa shape index (κ3) is 2.62. The minimum absolute atomic E-state index is 0.379. The Bertz CT molecular complexity index is 462. The smallest absolute Gasteiger partial charge is 0.417 e. The summed E-state index contributed by atoms with van der Waals surface area (Å²) in [5, 5.41) is 16.9. The summed E-state index contributed by atoms with van der Waals surface area (Å²) >= 11 is 5.38. The number of aliphatic hydroxyl groups is 1. The number of aliphatic hydroxyl groups excluding tert-OH is 1. The van der Waals surface area contributed by atoms with Crippen LogP contribution in [0.2, 0.25) is 5.02 Å². The molecule has 0 radical (unpaired) electrons. The Balaban J connectivity index is 3.34. The van der Waals surface area contributed by atoms with Crippen molar-refractivity contribution in [2.24, 2.45) is 0 Å². The number of halogens is 4. The summed E-state index contributed by atoms with van der Waals surface area (Å²) in [6.45, 7) is 0. The maximum atomic E-state index is 12.4. The molecular weight excluding hydrogens is 263 g/mol. The van der Waals surface area contributed by atoms with Gasteiger partial charge in [-0.3, -0.25) is 0 Å². The van der Waals surface area contributed by atoms with E-state index in [1.807, 2.05) is 0 Å². The van der Waals surface area contributed by atoms with E-state index in [4.69, 9.17) is 22.4 Å². The lowest BCUT2D eigenvalue weighted by atomic mass is 10.0. The highest BCUT2D eigenvalue weighted by atomic mass is 35.5. The summed E-state index contributed by atoms with van der Waals surface area (Å²) in [7, 11) is 0. The highest BCUT2D eigenvalue weighted by Crippen LogP contribution is 2.39. The van der Waals surface area contributed by atoms with Crippen LogP contribution in [0.3, 0.4) is 0 Å². The van der Waals surface area contributed by atoms with Crippen molar-refractivity contribution in [3.8, 4) is 0 Å². The number of aliphatic carboxylic acids is 1. The molecule has 4 N–H and O–H groups in total. The molecule has 8 heteroatoms. The summed E-state index contributed by atoms with van der Waals surface area (Å²) in [5.74, 6) is -1.63. The van der Waals surface area contributed by atoms with Crippen LogP contribution < -0.4 is 5.73 Å². The molecule has 0 aliphatic carbocycles. The monoisotopic (exact) mass is 269 g/mol. The zero-order valence-electron chi connectivity index (χ0n) is 8.12. The number of hydrogen-bond donors (Lipinski definition) is 3. The molecule has 0 saturated carbocycles. The van der Waals surface area contributed by atoms with Crippen LogP contribution in [-0.4, -0.2) is 16.2 Å². The molecule has 0 amide bonds. The van der Waals surface area contributed by atoms with Crippen molar-refractivity contribution >= 4 is 23.3 Å². The molecule has 0 aliphatic heterocycles. The number of hydrogen-bond acceptors (Lipinski definition) is 3. The third-order valence-corrected chi connectivity index (χ3v) is 2.45. The van der Waals surface area contributed by atoms with Gasteiger partial charge in [0.15, 0.2) is 6.10 Å². The number of nitrogens with two attached hydrogens (primary N) is 1. The molecule has 0 heterocycles. The summed E-state index contributed by atoms with van der Waals surface area (Å²) in [5.41, 5.74) is 3.10. The normalized spacial score (nSPS) is 13.5. The molecule has 17 heavy (non-hydrogen) atoms. The average Bonchev–Trinajstić information content (AvgIpc) is 2.19. The van der Waals surface area contributed by atoms with Gasteiger partial charge in [0.1, 0.15) is 0 Å². The molecule has 1 aromatic rings. The lowest BCUT2D eigenvalue weighted by molar-refractivity contribution is -0.146. The summed E-state index contributed by atoms with van der Waals surface area (Å²) < 4.78 is 37.2. The third-order valence-electron chi connectivity index (χ3n) is 2.05. The zero-order valence-corrected chi connectivity index (χ0v) is 8.88. The van der Waals surface area contributed by atoms with Crippen LogP contribution in [0.1, 0.15) is 17.2 Å². The second-order valence-electron chi connectivity index (χ2n) is 3.17. The highest BCUT2D eigenvalue weighted by Gasteiger charge is 2.35. The first-order valence-electron chi connectivity index (χ1n) is 4.22. The van der Waals surface area contributed by atoms with E-state index >= 15 is 0 Å². The van der Waals surface area contributed by atoms with E-state index in [0.717, 1.165) is 6.07 Å². The molecule has 1 atom stereocenters. The fourth-order valence-electron chi connectivity index (χ4n) is 1.20. The van der Waals surface area contributed by atoms with Crippen LogP contribution in [0.4, 0.5) is 18.9 Å². The number of nitrogen functional groups attached to an aromatic ring is 1. The molecule has 1 aromatic carbocycles. The molecule has 1 unspecified atom stereocenters. The molecule has 0 saturated heterocycles. The predicted octanol–water partition coefficient (Wildman–Crippen LogP) is 2.06. The van der Waals surface area contributed by atoms with Gasteiger partial charge in [0.2, 0.25) is 0 Å². The minimum atomic E-state index is -4.70. The number of carboxylic acid groups (broad SMARTS) is 1. The number of anilines is 1. The number of carbonyl (C=O) groups is 1. The zero-order chi connectivity index (χ0) is 13.4. The second-order valence-corrected chi connectivity index (χ2v) is 3.55. The fourth-order valence-corrected chi connectivity index (χ4v) is 1.48. The topological polar surface area (TPSA) is 83.5 Å². The summed E-state index contributed by atoms with van der Waals surface area (Å²) in [6.07, 6.45) is -6.72. The van der Waals surface area contributed by atoms with E-state index in [1.54, 1.807) is 0 Å². The van der Waals surface area contributed by atoms with Gasteiger partial charge in [-0.2, -0.15) is 13.2 Å². The number of carboxylic acids is 1. The molecular formula is C9H7ClF3NO3. The van der Waals surface area contributed by atoms with E-state index in [0.29, 0.717) is 6.07 Å². The molecule has 0 bridgehead atoms. The van der Waals surface area contributed by atoms with Gasteiger partial charge in [0, 0.05) is 5.56 Å². The van der Waals surface area contributed by atoms with Crippen LogP contribution in [0.25, 0.3) is 0 Å². The van der Waals surface area contributed by atoms with Gasteiger partial charge in [-0.25, -0.2) is 4.79 Å². The van der Waals surface area contributed by atoms with Crippen LogP contribution in [-0.2, 0) is 11.0 Å². The molecule has 4 nitrogen and oxygen atoms in total. The first kappa shape index (κ1) is 13.6. The average molecular weight is 270 g/mol. The fraction of sp³-hybridized carbons (Fsp3) is 0.222. The standard InChI is InChI=1S/C9H7ClF3NO3/c10-5-4(9(11,12)13)2-1-3(6(5)14)7(15)8(16)17/h1-2,7,15H,14H2,(H,16,17). The Morgan fingerprint density at radius 3 is 2.35 bits per heavy atom. The lowest BCUT2D eigenvalue weighted by Gasteiger charge is -2.15. The summed E-state index contributed by atoms with van der Waals surface area (Å²) in [6, 6.07) is 1.35. The highest BCUT2D eigenvalue weighted by molar-refractivity contribution is 6.34. The van der Waals surface area contributed by atoms with Gasteiger partial charge in [0.25, 0.3) is 0 Å². The Morgan fingerprint density at radius 1 is 1.41 bits per heavy atom. The first-order chi connectivity index (χ1) is 7.66.